The average Bonchev–Trinajstić information content (AvgIpc) is 2.81. The van der Waals surface area contributed by atoms with Gasteiger partial charge in [-0.25, -0.2) is 0 Å². The van der Waals surface area contributed by atoms with Crippen molar-refractivity contribution in [3.63, 3.8) is 0 Å². The Bertz CT molecular complexity index is 742. The molecule has 1 heterocycles. The van der Waals surface area contributed by atoms with E-state index >= 15 is 0 Å². The second kappa shape index (κ2) is 7.03. The highest BCUT2D eigenvalue weighted by Crippen LogP contribution is 2.36. The first-order valence-electron chi connectivity index (χ1n) is 8.73. The van der Waals surface area contributed by atoms with Gasteiger partial charge in [0.05, 0.1) is 11.2 Å². The second-order valence-electron chi connectivity index (χ2n) is 7.38. The van der Waals surface area contributed by atoms with Gasteiger partial charge in [0.1, 0.15) is 0 Å². The molecule has 0 N–H and O–H groups in total. The van der Waals surface area contributed by atoms with Gasteiger partial charge in [-0.15, -0.1) is 0 Å². The van der Waals surface area contributed by atoms with Crippen molar-refractivity contribution in [2.75, 3.05) is 0 Å². The smallest absolute Gasteiger partial charge is 0.399 e. The van der Waals surface area contributed by atoms with Gasteiger partial charge in [0, 0.05) is 0 Å². The van der Waals surface area contributed by atoms with E-state index in [1.54, 1.807) is 0 Å². The fourth-order valence-corrected chi connectivity index (χ4v) is 2.64. The van der Waals surface area contributed by atoms with E-state index in [9.17, 15) is 0 Å². The van der Waals surface area contributed by atoms with Crippen molar-refractivity contribution in [3.05, 3.63) is 77.9 Å². The molecular formula is C22H25BO2. The maximum absolute atomic E-state index is 6.09. The summed E-state index contributed by atoms with van der Waals surface area (Å²) in [4.78, 5) is 0. The lowest BCUT2D eigenvalue weighted by molar-refractivity contribution is 0.00578. The van der Waals surface area contributed by atoms with Crippen molar-refractivity contribution in [2.24, 2.45) is 0 Å². The topological polar surface area (TPSA) is 18.5 Å². The van der Waals surface area contributed by atoms with E-state index in [1.807, 2.05) is 18.2 Å². The first kappa shape index (κ1) is 17.7. The molecule has 0 atom stereocenters. The quantitative estimate of drug-likeness (QED) is 0.596. The van der Waals surface area contributed by atoms with Gasteiger partial charge in [0.2, 0.25) is 0 Å². The maximum atomic E-state index is 6.09. The average molecular weight is 332 g/mol. The summed E-state index contributed by atoms with van der Waals surface area (Å²) < 4.78 is 12.2. The number of allylic oxidation sites excluding steroid dienone is 2. The Hall–Kier alpha value is -2.10. The molecule has 0 radical (unpaired) electrons. The van der Waals surface area contributed by atoms with Crippen LogP contribution in [0.3, 0.4) is 0 Å². The monoisotopic (exact) mass is 332 g/mol. The molecule has 2 nitrogen and oxygen atoms in total. The SMILES string of the molecule is CC1(C)OB(c2ccc(C=C/C=C/c3ccccc3)cc2)OC1(C)C. The minimum Gasteiger partial charge on any atom is -0.399 e. The Morgan fingerprint density at radius 3 is 1.68 bits per heavy atom. The van der Waals surface area contributed by atoms with Gasteiger partial charge in [-0.05, 0) is 44.3 Å². The van der Waals surface area contributed by atoms with Crippen LogP contribution >= 0.6 is 0 Å². The van der Waals surface area contributed by atoms with E-state index in [4.69, 9.17) is 9.31 Å². The van der Waals surface area contributed by atoms with Gasteiger partial charge in [-0.1, -0.05) is 78.9 Å². The Balaban J connectivity index is 1.63. The molecule has 0 saturated carbocycles. The van der Waals surface area contributed by atoms with Crippen LogP contribution in [0, 0.1) is 0 Å². The third-order valence-electron chi connectivity index (χ3n) is 4.95. The van der Waals surface area contributed by atoms with Crippen molar-refractivity contribution < 1.29 is 9.31 Å². The molecule has 0 unspecified atom stereocenters. The van der Waals surface area contributed by atoms with Gasteiger partial charge < -0.3 is 9.31 Å². The highest BCUT2D eigenvalue weighted by Gasteiger charge is 2.51. The summed E-state index contributed by atoms with van der Waals surface area (Å²) >= 11 is 0. The highest BCUT2D eigenvalue weighted by molar-refractivity contribution is 6.62. The summed E-state index contributed by atoms with van der Waals surface area (Å²) in [6.45, 7) is 8.29. The molecule has 0 aliphatic carbocycles. The van der Waals surface area contributed by atoms with Crippen LogP contribution in [0.25, 0.3) is 12.2 Å². The zero-order valence-corrected chi connectivity index (χ0v) is 15.4. The van der Waals surface area contributed by atoms with Crippen LogP contribution in [0.1, 0.15) is 38.8 Å². The van der Waals surface area contributed by atoms with Crippen LogP contribution in [0.4, 0.5) is 0 Å². The van der Waals surface area contributed by atoms with Crippen LogP contribution < -0.4 is 5.46 Å². The predicted molar refractivity (Wildman–Crippen MR) is 107 cm³/mol. The summed E-state index contributed by atoms with van der Waals surface area (Å²) in [5, 5.41) is 0. The lowest BCUT2D eigenvalue weighted by Gasteiger charge is -2.32. The molecule has 3 rings (SSSR count). The normalized spacial score (nSPS) is 19.1. The van der Waals surface area contributed by atoms with Crippen molar-refractivity contribution in [3.8, 4) is 0 Å². The second-order valence-corrected chi connectivity index (χ2v) is 7.38. The molecule has 1 saturated heterocycles. The Morgan fingerprint density at radius 1 is 0.680 bits per heavy atom. The number of hydrogen-bond donors (Lipinski definition) is 0. The van der Waals surface area contributed by atoms with Crippen LogP contribution in [0.5, 0.6) is 0 Å². The summed E-state index contributed by atoms with van der Waals surface area (Å²) in [5.74, 6) is 0. The molecular weight excluding hydrogens is 307 g/mol. The Morgan fingerprint density at radius 2 is 1.16 bits per heavy atom. The minimum atomic E-state index is -0.307. The number of benzene rings is 2. The Kier molecular flexibility index (Phi) is 4.98. The number of hydrogen-bond acceptors (Lipinski definition) is 2. The molecule has 1 fully saturated rings. The van der Waals surface area contributed by atoms with Crippen LogP contribution in [0.2, 0.25) is 0 Å². The maximum Gasteiger partial charge on any atom is 0.494 e. The van der Waals surface area contributed by atoms with Crippen molar-refractivity contribution >= 4 is 24.7 Å². The molecule has 3 heteroatoms. The van der Waals surface area contributed by atoms with Crippen molar-refractivity contribution in [2.45, 2.75) is 38.9 Å². The van der Waals surface area contributed by atoms with E-state index in [2.05, 4.69) is 88.4 Å². The Labute approximate surface area is 151 Å². The molecule has 0 spiro atoms. The van der Waals surface area contributed by atoms with E-state index in [-0.39, 0.29) is 18.3 Å². The first-order chi connectivity index (χ1) is 11.9. The fourth-order valence-electron chi connectivity index (χ4n) is 2.64. The number of rotatable bonds is 4. The van der Waals surface area contributed by atoms with Gasteiger partial charge in [0.15, 0.2) is 0 Å². The van der Waals surface area contributed by atoms with E-state index in [0.717, 1.165) is 11.0 Å². The van der Waals surface area contributed by atoms with Crippen molar-refractivity contribution in [1.82, 2.24) is 0 Å². The van der Waals surface area contributed by atoms with E-state index in [1.165, 1.54) is 5.56 Å². The molecule has 25 heavy (non-hydrogen) atoms. The summed E-state index contributed by atoms with van der Waals surface area (Å²) in [6.07, 6.45) is 8.29. The van der Waals surface area contributed by atoms with Gasteiger partial charge in [0.25, 0.3) is 0 Å². The third kappa shape index (κ3) is 4.12. The predicted octanol–water partition coefficient (Wildman–Crippen LogP) is 4.71. The minimum absolute atomic E-state index is 0.305. The zero-order chi connectivity index (χ0) is 17.9. The summed E-state index contributed by atoms with van der Waals surface area (Å²) in [7, 11) is -0.305. The molecule has 1 aliphatic rings. The lowest BCUT2D eigenvalue weighted by atomic mass is 9.79. The molecule has 0 amide bonds. The van der Waals surface area contributed by atoms with E-state index in [0.29, 0.717) is 0 Å². The molecule has 1 aliphatic heterocycles. The zero-order valence-electron chi connectivity index (χ0n) is 15.4. The van der Waals surface area contributed by atoms with Crippen LogP contribution in [-0.4, -0.2) is 18.3 Å². The van der Waals surface area contributed by atoms with Gasteiger partial charge in [-0.2, -0.15) is 0 Å². The third-order valence-corrected chi connectivity index (χ3v) is 4.95. The van der Waals surface area contributed by atoms with Crippen molar-refractivity contribution in [1.29, 1.82) is 0 Å². The van der Waals surface area contributed by atoms with Crippen LogP contribution in [0.15, 0.2) is 66.7 Å². The van der Waals surface area contributed by atoms with Gasteiger partial charge >= 0.3 is 7.12 Å². The molecule has 2 aromatic rings. The first-order valence-corrected chi connectivity index (χ1v) is 8.73. The fraction of sp³-hybridized carbons (Fsp3) is 0.273. The molecule has 2 aromatic carbocycles. The summed E-state index contributed by atoms with van der Waals surface area (Å²) in [5.41, 5.74) is 2.79. The lowest BCUT2D eigenvalue weighted by Crippen LogP contribution is -2.41. The van der Waals surface area contributed by atoms with Gasteiger partial charge in [-0.3, -0.25) is 0 Å². The van der Waals surface area contributed by atoms with E-state index < -0.39 is 0 Å². The molecule has 0 aromatic heterocycles. The highest BCUT2D eigenvalue weighted by atomic mass is 16.7. The summed E-state index contributed by atoms with van der Waals surface area (Å²) in [6, 6.07) is 18.6. The largest absolute Gasteiger partial charge is 0.494 e. The molecule has 0 bridgehead atoms. The standard InChI is InChI=1S/C22H25BO2/c1-21(2)22(3,4)25-23(24-21)20-16-14-19(15-17-20)13-9-8-12-18-10-6-5-7-11-18/h5-17H,1-4H3/b12-8+,13-9?. The van der Waals surface area contributed by atoms with Crippen LogP contribution in [-0.2, 0) is 9.31 Å². The molecule has 128 valence electrons.